The first-order chi connectivity index (χ1) is 11.6. The van der Waals surface area contributed by atoms with Crippen molar-refractivity contribution in [2.24, 2.45) is 0 Å². The van der Waals surface area contributed by atoms with Gasteiger partial charge in [-0.25, -0.2) is 4.68 Å². The van der Waals surface area contributed by atoms with E-state index in [0.29, 0.717) is 12.1 Å². The quantitative estimate of drug-likeness (QED) is 0.785. The average Bonchev–Trinajstić information content (AvgIpc) is 2.99. The molecule has 1 heterocycles. The van der Waals surface area contributed by atoms with Crippen molar-refractivity contribution in [3.05, 3.63) is 58.7 Å². The van der Waals surface area contributed by atoms with Crippen molar-refractivity contribution in [3.63, 3.8) is 0 Å². The van der Waals surface area contributed by atoms with Gasteiger partial charge in [-0.15, -0.1) is 5.10 Å². The number of nitrogens with zero attached hydrogens (tertiary/aromatic N) is 3. The van der Waals surface area contributed by atoms with Gasteiger partial charge in [0.1, 0.15) is 5.52 Å². The van der Waals surface area contributed by atoms with Gasteiger partial charge in [-0.05, 0) is 56.5 Å². The van der Waals surface area contributed by atoms with Crippen LogP contribution in [0.1, 0.15) is 34.0 Å². The van der Waals surface area contributed by atoms with Crippen LogP contribution in [0.15, 0.2) is 36.4 Å². The minimum absolute atomic E-state index is 0.0762. The fourth-order valence-electron chi connectivity index (χ4n) is 2.89. The van der Waals surface area contributed by atoms with E-state index in [0.717, 1.165) is 24.0 Å². The predicted octanol–water partition coefficient (Wildman–Crippen LogP) is 3.04. The maximum absolute atomic E-state index is 12.3. The third kappa shape index (κ3) is 3.30. The number of carbonyl (C=O) groups excluding carboxylic acids is 1. The lowest BCUT2D eigenvalue weighted by molar-refractivity contribution is 0.0954. The molecule has 24 heavy (non-hydrogen) atoms. The second-order valence-corrected chi connectivity index (χ2v) is 6.04. The zero-order chi connectivity index (χ0) is 17.1. The van der Waals surface area contributed by atoms with Crippen molar-refractivity contribution in [1.29, 1.82) is 0 Å². The van der Waals surface area contributed by atoms with E-state index < -0.39 is 0 Å². The van der Waals surface area contributed by atoms with Gasteiger partial charge in [0.2, 0.25) is 0 Å². The van der Waals surface area contributed by atoms with Crippen molar-refractivity contribution in [3.8, 4) is 0 Å². The Hall–Kier alpha value is -2.69. The SMILES string of the molecule is CCn1nnc2cc(C(=O)NCCc3ccc(C)cc3C)ccc21. The van der Waals surface area contributed by atoms with Gasteiger partial charge in [0, 0.05) is 18.7 Å². The molecule has 1 N–H and O–H groups in total. The molecule has 0 saturated heterocycles. The molecular weight excluding hydrogens is 300 g/mol. The lowest BCUT2D eigenvalue weighted by Gasteiger charge is -2.08. The Balaban J connectivity index is 1.64. The van der Waals surface area contributed by atoms with Gasteiger partial charge in [0.05, 0.1) is 5.52 Å². The summed E-state index contributed by atoms with van der Waals surface area (Å²) in [6, 6.07) is 11.9. The Morgan fingerprint density at radius 3 is 2.75 bits per heavy atom. The maximum atomic E-state index is 12.3. The fraction of sp³-hybridized carbons (Fsp3) is 0.316. The summed E-state index contributed by atoms with van der Waals surface area (Å²) in [5.41, 5.74) is 6.10. The molecule has 5 heteroatoms. The zero-order valence-corrected chi connectivity index (χ0v) is 14.3. The number of amides is 1. The van der Waals surface area contributed by atoms with Gasteiger partial charge in [0.15, 0.2) is 0 Å². The molecule has 0 bridgehead atoms. The number of hydrogen-bond acceptors (Lipinski definition) is 3. The van der Waals surface area contributed by atoms with Crippen LogP contribution >= 0.6 is 0 Å². The van der Waals surface area contributed by atoms with Crippen LogP contribution in [0.2, 0.25) is 0 Å². The van der Waals surface area contributed by atoms with Crippen molar-refractivity contribution < 1.29 is 4.79 Å². The molecule has 2 aromatic carbocycles. The molecule has 0 atom stereocenters. The highest BCUT2D eigenvalue weighted by molar-refractivity contribution is 5.97. The molecule has 0 aliphatic rings. The molecule has 0 saturated carbocycles. The second kappa shape index (κ2) is 6.83. The van der Waals surface area contributed by atoms with Gasteiger partial charge in [-0.2, -0.15) is 0 Å². The van der Waals surface area contributed by atoms with E-state index in [1.165, 1.54) is 16.7 Å². The van der Waals surface area contributed by atoms with Gasteiger partial charge in [-0.1, -0.05) is 29.0 Å². The molecule has 0 fully saturated rings. The standard InChI is InChI=1S/C19H22N4O/c1-4-23-18-8-7-16(12-17(18)21-22-23)19(24)20-10-9-15-6-5-13(2)11-14(15)3/h5-8,11-12H,4,9-10H2,1-3H3,(H,20,24). The smallest absolute Gasteiger partial charge is 0.251 e. The first kappa shape index (κ1) is 16.2. The third-order valence-electron chi connectivity index (χ3n) is 4.25. The van der Waals surface area contributed by atoms with E-state index >= 15 is 0 Å². The number of rotatable bonds is 5. The van der Waals surface area contributed by atoms with E-state index in [1.807, 2.05) is 23.7 Å². The highest BCUT2D eigenvalue weighted by atomic mass is 16.1. The van der Waals surface area contributed by atoms with Crippen LogP contribution in [0.25, 0.3) is 11.0 Å². The molecular formula is C19H22N4O. The van der Waals surface area contributed by atoms with Crippen LogP contribution in [0.4, 0.5) is 0 Å². The Bertz CT molecular complexity index is 882. The molecule has 3 rings (SSSR count). The maximum Gasteiger partial charge on any atom is 0.251 e. The van der Waals surface area contributed by atoms with Crippen LogP contribution in [-0.4, -0.2) is 27.4 Å². The summed E-state index contributed by atoms with van der Waals surface area (Å²) in [4.78, 5) is 12.3. The van der Waals surface area contributed by atoms with Crippen LogP contribution < -0.4 is 5.32 Å². The highest BCUT2D eigenvalue weighted by Gasteiger charge is 2.09. The van der Waals surface area contributed by atoms with Crippen molar-refractivity contribution in [1.82, 2.24) is 20.3 Å². The van der Waals surface area contributed by atoms with E-state index in [9.17, 15) is 4.79 Å². The van der Waals surface area contributed by atoms with Crippen LogP contribution in [0.3, 0.4) is 0 Å². The van der Waals surface area contributed by atoms with E-state index in [-0.39, 0.29) is 5.91 Å². The van der Waals surface area contributed by atoms with E-state index in [2.05, 4.69) is 47.7 Å². The van der Waals surface area contributed by atoms with Crippen molar-refractivity contribution in [2.45, 2.75) is 33.7 Å². The minimum Gasteiger partial charge on any atom is -0.352 e. The molecule has 0 spiro atoms. The Morgan fingerprint density at radius 2 is 2.00 bits per heavy atom. The van der Waals surface area contributed by atoms with Gasteiger partial charge in [-0.3, -0.25) is 4.79 Å². The minimum atomic E-state index is -0.0762. The first-order valence-corrected chi connectivity index (χ1v) is 8.26. The normalized spacial score (nSPS) is 11.0. The second-order valence-electron chi connectivity index (χ2n) is 6.04. The number of hydrogen-bond donors (Lipinski definition) is 1. The summed E-state index contributed by atoms with van der Waals surface area (Å²) >= 11 is 0. The van der Waals surface area contributed by atoms with E-state index in [1.54, 1.807) is 6.07 Å². The largest absolute Gasteiger partial charge is 0.352 e. The highest BCUT2D eigenvalue weighted by Crippen LogP contribution is 2.14. The number of fused-ring (bicyclic) bond motifs is 1. The van der Waals surface area contributed by atoms with Crippen molar-refractivity contribution >= 4 is 16.9 Å². The zero-order valence-electron chi connectivity index (χ0n) is 14.3. The molecule has 0 radical (unpaired) electrons. The lowest BCUT2D eigenvalue weighted by Crippen LogP contribution is -2.25. The van der Waals surface area contributed by atoms with Crippen LogP contribution in [0, 0.1) is 13.8 Å². The molecule has 0 aliphatic heterocycles. The number of aromatic nitrogens is 3. The summed E-state index contributed by atoms with van der Waals surface area (Å²) in [7, 11) is 0. The average molecular weight is 322 g/mol. The van der Waals surface area contributed by atoms with E-state index in [4.69, 9.17) is 0 Å². The summed E-state index contributed by atoms with van der Waals surface area (Å²) < 4.78 is 1.82. The number of benzene rings is 2. The van der Waals surface area contributed by atoms with Crippen molar-refractivity contribution in [2.75, 3.05) is 6.54 Å². The number of aryl methyl sites for hydroxylation is 3. The van der Waals surface area contributed by atoms with Gasteiger partial charge in [0.25, 0.3) is 5.91 Å². The summed E-state index contributed by atoms with van der Waals surface area (Å²) in [6.45, 7) is 7.58. The monoisotopic (exact) mass is 322 g/mol. The molecule has 124 valence electrons. The molecule has 1 amide bonds. The topological polar surface area (TPSA) is 59.8 Å². The lowest BCUT2D eigenvalue weighted by atomic mass is 10.0. The molecule has 0 unspecified atom stereocenters. The molecule has 3 aromatic rings. The summed E-state index contributed by atoms with van der Waals surface area (Å²) in [5, 5.41) is 11.2. The molecule has 1 aromatic heterocycles. The van der Waals surface area contributed by atoms with Crippen LogP contribution in [0.5, 0.6) is 0 Å². The Morgan fingerprint density at radius 1 is 1.17 bits per heavy atom. The Labute approximate surface area is 141 Å². The van der Waals surface area contributed by atoms with Crippen LogP contribution in [-0.2, 0) is 13.0 Å². The predicted molar refractivity (Wildman–Crippen MR) is 95.2 cm³/mol. The third-order valence-corrected chi connectivity index (χ3v) is 4.25. The van der Waals surface area contributed by atoms with Gasteiger partial charge < -0.3 is 5.32 Å². The number of carbonyl (C=O) groups is 1. The molecule has 5 nitrogen and oxygen atoms in total. The fourth-order valence-corrected chi connectivity index (χ4v) is 2.89. The Kier molecular flexibility index (Phi) is 4.60. The summed E-state index contributed by atoms with van der Waals surface area (Å²) in [6.07, 6.45) is 0.826. The van der Waals surface area contributed by atoms with Gasteiger partial charge >= 0.3 is 0 Å². The number of nitrogens with one attached hydrogen (secondary N) is 1. The molecule has 0 aliphatic carbocycles. The first-order valence-electron chi connectivity index (χ1n) is 8.26. The summed E-state index contributed by atoms with van der Waals surface area (Å²) in [5.74, 6) is -0.0762.